The smallest absolute Gasteiger partial charge is 0.408 e. The van der Waals surface area contributed by atoms with E-state index < -0.39 is 45.8 Å². The Morgan fingerprint density at radius 1 is 0.800 bits per heavy atom. The van der Waals surface area contributed by atoms with Gasteiger partial charge in [0.1, 0.15) is 18.2 Å². The normalized spacial score (nSPS) is 13.6. The van der Waals surface area contributed by atoms with Gasteiger partial charge in [-0.15, -0.1) is 0 Å². The summed E-state index contributed by atoms with van der Waals surface area (Å²) in [7, 11) is -3.85. The number of alkyl carbamates (subject to hydrolysis) is 2. The minimum atomic E-state index is -3.85. The van der Waals surface area contributed by atoms with Crippen LogP contribution in [0.25, 0.3) is 11.1 Å². The number of hydrogen-bond acceptors (Lipinski definition) is 8. The van der Waals surface area contributed by atoms with Crippen LogP contribution in [0.1, 0.15) is 87.6 Å². The van der Waals surface area contributed by atoms with Crippen LogP contribution in [-0.4, -0.2) is 79.9 Å². The highest BCUT2D eigenvalue weighted by atomic mass is 32.2. The second-order valence-electron chi connectivity index (χ2n) is 16.8. The number of sulfonamides is 1. The molecule has 0 saturated carbocycles. The second-order valence-corrected chi connectivity index (χ2v) is 18.7. The molecule has 2 atom stereocenters. The van der Waals surface area contributed by atoms with Gasteiger partial charge in [-0.05, 0) is 92.0 Å². The number of benzene rings is 4. The summed E-state index contributed by atoms with van der Waals surface area (Å²) >= 11 is 0. The maximum absolute atomic E-state index is 13.7. The summed E-state index contributed by atoms with van der Waals surface area (Å²) in [6, 6.07) is 28.8. The summed E-state index contributed by atoms with van der Waals surface area (Å²) in [5.74, 6) is -0.402. The standard InChI is InChI=1S/C47H60N4O8S/c1-32(2)29-51(60(56,57)37-24-18-33(3)19-25-37)36(30-52)13-11-12-26-48-44(53)43(50-46(55)59-47(4,5)6)27-34-20-22-35(23-21-34)28-49-45(54)58-31-42-40-16-9-7-14-38(40)39-15-8-10-17-41(39)42/h7-10,14-25,32,36,42-43,52H,11-13,26-31H2,1-6H3,(H,48,53)(H,49,54)(H,50,55)/t36-,43-/m0/s1. The summed E-state index contributed by atoms with van der Waals surface area (Å²) in [6.45, 7) is 11.6. The molecule has 4 aromatic carbocycles. The first kappa shape index (κ1) is 45.8. The maximum Gasteiger partial charge on any atom is 0.408 e. The molecule has 0 bridgehead atoms. The van der Waals surface area contributed by atoms with Crippen molar-refractivity contribution in [3.05, 3.63) is 125 Å². The van der Waals surface area contributed by atoms with Crippen LogP contribution in [0.2, 0.25) is 0 Å². The lowest BCUT2D eigenvalue weighted by molar-refractivity contribution is -0.123. The molecular weight excluding hydrogens is 781 g/mol. The van der Waals surface area contributed by atoms with Gasteiger partial charge in [-0.25, -0.2) is 18.0 Å². The van der Waals surface area contributed by atoms with Gasteiger partial charge < -0.3 is 30.5 Å². The number of hydrogen-bond donors (Lipinski definition) is 4. The highest BCUT2D eigenvalue weighted by Gasteiger charge is 2.32. The van der Waals surface area contributed by atoms with E-state index in [2.05, 4.69) is 40.2 Å². The largest absolute Gasteiger partial charge is 0.449 e. The van der Waals surface area contributed by atoms with Crippen molar-refractivity contribution in [1.82, 2.24) is 20.3 Å². The quantitative estimate of drug-likeness (QED) is 0.0708. The highest BCUT2D eigenvalue weighted by Crippen LogP contribution is 2.44. The number of fused-ring (bicyclic) bond motifs is 3. The number of rotatable bonds is 19. The Balaban J connectivity index is 1.13. The molecular formula is C47H60N4O8S. The molecule has 60 heavy (non-hydrogen) atoms. The van der Waals surface area contributed by atoms with Gasteiger partial charge in [-0.2, -0.15) is 4.31 Å². The number of carbonyl (C=O) groups is 3. The molecule has 0 aliphatic heterocycles. The Morgan fingerprint density at radius 2 is 1.40 bits per heavy atom. The molecule has 12 nitrogen and oxygen atoms in total. The van der Waals surface area contributed by atoms with Crippen LogP contribution in [0, 0.1) is 12.8 Å². The third-order valence-electron chi connectivity index (χ3n) is 10.3. The van der Waals surface area contributed by atoms with Gasteiger partial charge in [0.2, 0.25) is 15.9 Å². The third-order valence-corrected chi connectivity index (χ3v) is 12.2. The van der Waals surface area contributed by atoms with E-state index in [0.29, 0.717) is 19.3 Å². The topological polar surface area (TPSA) is 163 Å². The average molecular weight is 841 g/mol. The zero-order valence-electron chi connectivity index (χ0n) is 35.6. The predicted octanol–water partition coefficient (Wildman–Crippen LogP) is 7.46. The fourth-order valence-electron chi connectivity index (χ4n) is 7.33. The molecule has 0 heterocycles. The minimum Gasteiger partial charge on any atom is -0.449 e. The Morgan fingerprint density at radius 3 is 1.98 bits per heavy atom. The highest BCUT2D eigenvalue weighted by molar-refractivity contribution is 7.89. The van der Waals surface area contributed by atoms with Crippen LogP contribution >= 0.6 is 0 Å². The first-order valence-electron chi connectivity index (χ1n) is 20.7. The molecule has 0 unspecified atom stereocenters. The summed E-state index contributed by atoms with van der Waals surface area (Å²) in [5, 5.41) is 18.8. The van der Waals surface area contributed by atoms with E-state index in [4.69, 9.17) is 9.47 Å². The van der Waals surface area contributed by atoms with Crippen molar-refractivity contribution in [3.63, 3.8) is 0 Å². The number of unbranched alkanes of at least 4 members (excludes halogenated alkanes) is 1. The molecule has 0 saturated heterocycles. The lowest BCUT2D eigenvalue weighted by Gasteiger charge is -2.31. The molecule has 0 radical (unpaired) electrons. The number of amides is 3. The minimum absolute atomic E-state index is 0.0371. The van der Waals surface area contributed by atoms with Crippen LogP contribution in [0.15, 0.2) is 102 Å². The monoisotopic (exact) mass is 840 g/mol. The molecule has 4 aromatic rings. The van der Waals surface area contributed by atoms with E-state index in [0.717, 1.165) is 38.9 Å². The Bertz CT molecular complexity index is 2120. The van der Waals surface area contributed by atoms with Gasteiger partial charge >= 0.3 is 12.2 Å². The average Bonchev–Trinajstić information content (AvgIpc) is 3.52. The number of nitrogens with one attached hydrogen (secondary N) is 3. The van der Waals surface area contributed by atoms with E-state index in [1.807, 2.05) is 69.3 Å². The van der Waals surface area contributed by atoms with Gasteiger partial charge in [-0.1, -0.05) is 111 Å². The molecule has 5 rings (SSSR count). The maximum atomic E-state index is 13.7. The SMILES string of the molecule is Cc1ccc(S(=O)(=O)N(CC(C)C)[C@H](CO)CCCCNC(=O)[C@H](Cc2ccc(CNC(=O)OCC3c4ccccc4-c4ccccc43)cc2)NC(=O)OC(C)(C)C)cc1. The van der Waals surface area contributed by atoms with Crippen LogP contribution in [0.4, 0.5) is 9.59 Å². The summed E-state index contributed by atoms with van der Waals surface area (Å²) in [5.41, 5.74) is 6.38. The molecule has 0 aromatic heterocycles. The lowest BCUT2D eigenvalue weighted by atomic mass is 9.98. The summed E-state index contributed by atoms with van der Waals surface area (Å²) in [6.07, 6.45) is 0.389. The number of aliphatic hydroxyl groups is 1. The van der Waals surface area contributed by atoms with E-state index in [-0.39, 0.29) is 56.0 Å². The summed E-state index contributed by atoms with van der Waals surface area (Å²) < 4.78 is 39.8. The molecule has 0 fully saturated rings. The van der Waals surface area contributed by atoms with Crippen molar-refractivity contribution in [2.75, 3.05) is 26.3 Å². The zero-order valence-corrected chi connectivity index (χ0v) is 36.4. The molecule has 4 N–H and O–H groups in total. The van der Waals surface area contributed by atoms with Gasteiger partial charge in [0.25, 0.3) is 0 Å². The second kappa shape index (κ2) is 20.8. The van der Waals surface area contributed by atoms with Crippen LogP contribution in [0.3, 0.4) is 0 Å². The van der Waals surface area contributed by atoms with Crippen LogP contribution in [-0.2, 0) is 37.3 Å². The number of carbonyl (C=O) groups excluding carboxylic acids is 3. The van der Waals surface area contributed by atoms with E-state index >= 15 is 0 Å². The first-order chi connectivity index (χ1) is 28.5. The molecule has 13 heteroatoms. The first-order valence-corrected chi connectivity index (χ1v) is 22.1. The van der Waals surface area contributed by atoms with Crippen molar-refractivity contribution in [3.8, 4) is 11.1 Å². The van der Waals surface area contributed by atoms with Gasteiger partial charge in [-0.3, -0.25) is 4.79 Å². The zero-order chi connectivity index (χ0) is 43.5. The van der Waals surface area contributed by atoms with E-state index in [1.165, 1.54) is 4.31 Å². The summed E-state index contributed by atoms with van der Waals surface area (Å²) in [4.78, 5) is 39.3. The Hall–Kier alpha value is -5.24. The lowest BCUT2D eigenvalue weighted by Crippen LogP contribution is -2.49. The van der Waals surface area contributed by atoms with Crippen molar-refractivity contribution in [2.24, 2.45) is 5.92 Å². The number of aryl methyl sites for hydroxylation is 1. The fourth-order valence-corrected chi connectivity index (χ4v) is 9.14. The van der Waals surface area contributed by atoms with Gasteiger partial charge in [0.05, 0.1) is 11.5 Å². The van der Waals surface area contributed by atoms with Crippen LogP contribution < -0.4 is 16.0 Å². The van der Waals surface area contributed by atoms with Crippen molar-refractivity contribution in [1.29, 1.82) is 0 Å². The van der Waals surface area contributed by atoms with Gasteiger partial charge in [0, 0.05) is 38.0 Å². The van der Waals surface area contributed by atoms with Crippen LogP contribution in [0.5, 0.6) is 0 Å². The number of ether oxygens (including phenoxy) is 2. The Labute approximate surface area is 355 Å². The van der Waals surface area contributed by atoms with Crippen molar-refractivity contribution in [2.45, 2.75) is 102 Å². The van der Waals surface area contributed by atoms with E-state index in [9.17, 15) is 27.9 Å². The molecule has 3 amide bonds. The van der Waals surface area contributed by atoms with Crippen molar-refractivity contribution >= 4 is 28.1 Å². The fraction of sp³-hybridized carbons (Fsp3) is 0.426. The Kier molecular flexibility index (Phi) is 15.9. The molecule has 0 spiro atoms. The van der Waals surface area contributed by atoms with E-state index in [1.54, 1.807) is 45.0 Å². The predicted molar refractivity (Wildman–Crippen MR) is 233 cm³/mol. The number of nitrogens with zero attached hydrogens (tertiary/aromatic N) is 1. The molecule has 1 aliphatic carbocycles. The molecule has 1 aliphatic rings. The number of aliphatic hydroxyl groups excluding tert-OH is 1. The van der Waals surface area contributed by atoms with Gasteiger partial charge in [0.15, 0.2) is 0 Å². The van der Waals surface area contributed by atoms with Crippen molar-refractivity contribution < 1.29 is 37.4 Å². The molecule has 322 valence electrons. The third kappa shape index (κ3) is 12.6.